The maximum absolute atomic E-state index is 12.5. The zero-order valence-electron chi connectivity index (χ0n) is 10.6. The van der Waals surface area contributed by atoms with Crippen molar-refractivity contribution in [2.75, 3.05) is 7.11 Å². The number of nitrogens with zero attached hydrogens (tertiary/aromatic N) is 3. The number of ether oxygens (including phenoxy) is 1. The van der Waals surface area contributed by atoms with Crippen molar-refractivity contribution in [2.24, 2.45) is 0 Å². The van der Waals surface area contributed by atoms with Gasteiger partial charge in [-0.3, -0.25) is 0 Å². The van der Waals surface area contributed by atoms with E-state index in [2.05, 4.69) is 20.6 Å². The van der Waals surface area contributed by atoms with Crippen LogP contribution in [-0.4, -0.2) is 36.2 Å². The molecule has 0 bridgehead atoms. The molecule has 0 saturated carbocycles. The number of sulfone groups is 1. The number of rotatable bonds is 5. The van der Waals surface area contributed by atoms with Crippen LogP contribution >= 0.6 is 0 Å². The van der Waals surface area contributed by atoms with Crippen LogP contribution in [0, 0.1) is 0 Å². The molecule has 0 aliphatic rings. The average molecular weight is 282 g/mol. The molecule has 2 aromatic rings. The number of tetrazole rings is 1. The summed E-state index contributed by atoms with van der Waals surface area (Å²) < 4.78 is 30.0. The van der Waals surface area contributed by atoms with Gasteiger partial charge in [0.1, 0.15) is 11.0 Å². The Bertz CT molecular complexity index is 622. The van der Waals surface area contributed by atoms with Gasteiger partial charge >= 0.3 is 0 Å². The minimum Gasteiger partial charge on any atom is -0.497 e. The van der Waals surface area contributed by atoms with Crippen molar-refractivity contribution in [3.8, 4) is 5.75 Å². The van der Waals surface area contributed by atoms with E-state index in [0.717, 1.165) is 0 Å². The van der Waals surface area contributed by atoms with Crippen molar-refractivity contribution in [3.63, 3.8) is 0 Å². The molecule has 1 aromatic heterocycles. The van der Waals surface area contributed by atoms with Crippen LogP contribution in [0.3, 0.4) is 0 Å². The van der Waals surface area contributed by atoms with Crippen LogP contribution in [0.25, 0.3) is 0 Å². The van der Waals surface area contributed by atoms with Crippen LogP contribution in [0.5, 0.6) is 5.75 Å². The first-order valence-electron chi connectivity index (χ1n) is 5.71. The molecular formula is C11H14N4O3S. The molecule has 1 atom stereocenters. The predicted molar refractivity (Wildman–Crippen MR) is 67.4 cm³/mol. The van der Waals surface area contributed by atoms with Crippen molar-refractivity contribution >= 4 is 9.84 Å². The second-order valence-electron chi connectivity index (χ2n) is 3.89. The van der Waals surface area contributed by atoms with Gasteiger partial charge in [-0.05, 0) is 30.7 Å². The molecule has 7 nitrogen and oxygen atoms in total. The van der Waals surface area contributed by atoms with Crippen LogP contribution in [-0.2, 0) is 9.84 Å². The van der Waals surface area contributed by atoms with E-state index in [1.165, 1.54) is 19.2 Å². The summed E-state index contributed by atoms with van der Waals surface area (Å²) >= 11 is 0. The normalized spacial score (nSPS) is 13.2. The summed E-state index contributed by atoms with van der Waals surface area (Å²) in [5.74, 6) is 0.782. The summed E-state index contributed by atoms with van der Waals surface area (Å²) in [7, 11) is -2.01. The summed E-state index contributed by atoms with van der Waals surface area (Å²) in [4.78, 5) is 0.213. The summed E-state index contributed by atoms with van der Waals surface area (Å²) in [5, 5.41) is 12.4. The second kappa shape index (κ2) is 5.35. The van der Waals surface area contributed by atoms with Gasteiger partial charge in [0.25, 0.3) is 0 Å². The van der Waals surface area contributed by atoms with Crippen LogP contribution < -0.4 is 4.74 Å². The van der Waals surface area contributed by atoms with Crippen LogP contribution in [0.2, 0.25) is 0 Å². The molecule has 8 heteroatoms. The summed E-state index contributed by atoms with van der Waals surface area (Å²) in [6, 6.07) is 6.24. The second-order valence-corrected chi connectivity index (χ2v) is 6.02. The fraction of sp³-hybridized carbons (Fsp3) is 0.364. The largest absolute Gasteiger partial charge is 0.497 e. The Balaban J connectivity index is 2.39. The van der Waals surface area contributed by atoms with Crippen molar-refractivity contribution in [1.29, 1.82) is 0 Å². The van der Waals surface area contributed by atoms with Gasteiger partial charge in [0.05, 0.1) is 12.0 Å². The van der Waals surface area contributed by atoms with Gasteiger partial charge in [-0.15, -0.1) is 10.2 Å². The number of aromatic amines is 1. The number of methoxy groups -OCH3 is 1. The predicted octanol–water partition coefficient (Wildman–Crippen LogP) is 1.13. The number of aromatic nitrogens is 4. The van der Waals surface area contributed by atoms with Gasteiger partial charge in [0, 0.05) is 0 Å². The van der Waals surface area contributed by atoms with Crippen molar-refractivity contribution in [3.05, 3.63) is 30.1 Å². The molecule has 0 aliphatic carbocycles. The van der Waals surface area contributed by atoms with Gasteiger partial charge in [-0.25, -0.2) is 8.42 Å². The summed E-state index contributed by atoms with van der Waals surface area (Å²) in [6.45, 7) is 1.77. The number of nitrogens with one attached hydrogen (secondary N) is 1. The molecule has 2 rings (SSSR count). The molecule has 0 amide bonds. The molecule has 0 radical (unpaired) electrons. The quantitative estimate of drug-likeness (QED) is 0.882. The third-order valence-corrected chi connectivity index (χ3v) is 5.01. The van der Waals surface area contributed by atoms with E-state index in [0.29, 0.717) is 12.2 Å². The number of benzene rings is 1. The van der Waals surface area contributed by atoms with E-state index >= 15 is 0 Å². The van der Waals surface area contributed by atoms with Crippen LogP contribution in [0.15, 0.2) is 29.2 Å². The highest BCUT2D eigenvalue weighted by Gasteiger charge is 2.30. The minimum atomic E-state index is -3.54. The minimum absolute atomic E-state index is 0.179. The third kappa shape index (κ3) is 2.58. The highest BCUT2D eigenvalue weighted by atomic mass is 32.2. The highest BCUT2D eigenvalue weighted by molar-refractivity contribution is 7.91. The van der Waals surface area contributed by atoms with Crippen molar-refractivity contribution in [2.45, 2.75) is 23.5 Å². The summed E-state index contributed by atoms with van der Waals surface area (Å²) in [6.07, 6.45) is 0.369. The molecule has 0 fully saturated rings. The van der Waals surface area contributed by atoms with Crippen LogP contribution in [0.4, 0.5) is 0 Å². The van der Waals surface area contributed by atoms with E-state index in [9.17, 15) is 8.42 Å². The Morgan fingerprint density at radius 3 is 2.47 bits per heavy atom. The lowest BCUT2D eigenvalue weighted by atomic mass is 10.3. The lowest BCUT2D eigenvalue weighted by Gasteiger charge is -2.12. The molecule has 102 valence electrons. The van der Waals surface area contributed by atoms with E-state index in [4.69, 9.17) is 4.74 Å². The van der Waals surface area contributed by atoms with E-state index in [1.807, 2.05) is 0 Å². The lowest BCUT2D eigenvalue weighted by molar-refractivity contribution is 0.414. The molecule has 0 aliphatic heterocycles. The standard InChI is InChI=1S/C11H14N4O3S/c1-3-10(11-12-14-15-13-11)19(16,17)9-6-4-8(18-2)5-7-9/h4-7,10H,3H2,1-2H3,(H,12,13,14,15). The van der Waals surface area contributed by atoms with Crippen molar-refractivity contribution < 1.29 is 13.2 Å². The smallest absolute Gasteiger partial charge is 0.192 e. The summed E-state index contributed by atoms with van der Waals surface area (Å²) in [5.41, 5.74) is 0. The molecule has 0 saturated heterocycles. The topological polar surface area (TPSA) is 97.8 Å². The molecule has 0 spiro atoms. The molecule has 1 heterocycles. The van der Waals surface area contributed by atoms with E-state index in [-0.39, 0.29) is 10.7 Å². The zero-order chi connectivity index (χ0) is 13.9. The maximum Gasteiger partial charge on any atom is 0.192 e. The Kier molecular flexibility index (Phi) is 3.79. The Morgan fingerprint density at radius 2 is 2.00 bits per heavy atom. The first-order valence-corrected chi connectivity index (χ1v) is 7.25. The maximum atomic E-state index is 12.5. The van der Waals surface area contributed by atoms with Crippen molar-refractivity contribution in [1.82, 2.24) is 20.6 Å². The SMILES string of the molecule is CCC(c1nn[nH]n1)S(=O)(=O)c1ccc(OC)cc1. The van der Waals surface area contributed by atoms with E-state index < -0.39 is 15.1 Å². The molecule has 1 unspecified atom stereocenters. The fourth-order valence-electron chi connectivity index (χ4n) is 1.78. The van der Waals surface area contributed by atoms with Gasteiger partial charge in [0.15, 0.2) is 15.7 Å². The zero-order valence-corrected chi connectivity index (χ0v) is 11.4. The molecule has 1 aromatic carbocycles. The highest BCUT2D eigenvalue weighted by Crippen LogP contribution is 2.29. The van der Waals surface area contributed by atoms with Crippen LogP contribution in [0.1, 0.15) is 24.4 Å². The molecule has 19 heavy (non-hydrogen) atoms. The fourth-order valence-corrected chi connectivity index (χ4v) is 3.44. The lowest BCUT2D eigenvalue weighted by Crippen LogP contribution is -2.14. The van der Waals surface area contributed by atoms with Gasteiger partial charge < -0.3 is 4.74 Å². The first kappa shape index (κ1) is 13.5. The average Bonchev–Trinajstić information content (AvgIpc) is 2.93. The third-order valence-electron chi connectivity index (χ3n) is 2.78. The number of hydrogen-bond donors (Lipinski definition) is 1. The first-order chi connectivity index (χ1) is 9.09. The number of H-pyrrole nitrogens is 1. The Morgan fingerprint density at radius 1 is 1.32 bits per heavy atom. The monoisotopic (exact) mass is 282 g/mol. The van der Waals surface area contributed by atoms with Gasteiger partial charge in [-0.1, -0.05) is 12.1 Å². The van der Waals surface area contributed by atoms with E-state index in [1.54, 1.807) is 19.1 Å². The Labute approximate surface area is 110 Å². The van der Waals surface area contributed by atoms with Gasteiger partial charge in [-0.2, -0.15) is 5.21 Å². The molecule has 1 N–H and O–H groups in total. The molecular weight excluding hydrogens is 268 g/mol. The Hall–Kier alpha value is -1.96. The van der Waals surface area contributed by atoms with Gasteiger partial charge in [0.2, 0.25) is 0 Å². The number of hydrogen-bond acceptors (Lipinski definition) is 6.